The average Bonchev–Trinajstić information content (AvgIpc) is 2.62. The second-order valence-corrected chi connectivity index (χ2v) is 5.75. The molecule has 134 valence electrons. The minimum Gasteiger partial charge on any atom is -0.346 e. The smallest absolute Gasteiger partial charge is 0.265 e. The van der Waals surface area contributed by atoms with Crippen LogP contribution in [0, 0.1) is 0 Å². The largest absolute Gasteiger partial charge is 0.346 e. The zero-order chi connectivity index (χ0) is 18.2. The molecule has 0 bridgehead atoms. The summed E-state index contributed by atoms with van der Waals surface area (Å²) in [6.45, 7) is 6.34. The Kier molecular flexibility index (Phi) is 6.71. The first-order valence-electron chi connectivity index (χ1n) is 8.40. The van der Waals surface area contributed by atoms with Gasteiger partial charge in [-0.3, -0.25) is 19.5 Å². The number of aromatic nitrogens is 2. The molecule has 0 unspecified atom stereocenters. The number of carbonyl (C=O) groups is 1. The van der Waals surface area contributed by atoms with Gasteiger partial charge in [0.15, 0.2) is 0 Å². The Balaban J connectivity index is 2.15. The predicted octanol–water partition coefficient (Wildman–Crippen LogP) is 0.736. The lowest BCUT2D eigenvalue weighted by atomic mass is 10.1. The van der Waals surface area contributed by atoms with E-state index >= 15 is 0 Å². The van der Waals surface area contributed by atoms with Crippen LogP contribution in [0.15, 0.2) is 52.1 Å². The highest BCUT2D eigenvalue weighted by atomic mass is 16.2. The lowest BCUT2D eigenvalue weighted by Crippen LogP contribution is -2.41. The highest BCUT2D eigenvalue weighted by Crippen LogP contribution is 2.14. The second kappa shape index (κ2) is 8.98. The molecule has 0 aliphatic heterocycles. The summed E-state index contributed by atoms with van der Waals surface area (Å²) in [5, 5.41) is 5.33. The van der Waals surface area contributed by atoms with Crippen molar-refractivity contribution in [3.63, 3.8) is 0 Å². The van der Waals surface area contributed by atoms with Crippen molar-refractivity contribution in [1.82, 2.24) is 20.0 Å². The van der Waals surface area contributed by atoms with Gasteiger partial charge in [-0.25, -0.2) is 4.68 Å². The second-order valence-electron chi connectivity index (χ2n) is 5.75. The van der Waals surface area contributed by atoms with Crippen LogP contribution in [0.4, 0.5) is 0 Å². The minimum atomic E-state index is -0.422. The van der Waals surface area contributed by atoms with Crippen LogP contribution in [0.5, 0.6) is 0 Å². The lowest BCUT2D eigenvalue weighted by Gasteiger charge is -2.26. The van der Waals surface area contributed by atoms with E-state index < -0.39 is 11.1 Å². The summed E-state index contributed by atoms with van der Waals surface area (Å²) < 4.78 is 1.01. The molecule has 0 aliphatic carbocycles. The van der Waals surface area contributed by atoms with E-state index in [1.54, 1.807) is 0 Å². The van der Waals surface area contributed by atoms with Crippen LogP contribution in [-0.4, -0.2) is 40.2 Å². The van der Waals surface area contributed by atoms with Crippen LogP contribution in [0.25, 0.3) is 0 Å². The third kappa shape index (κ3) is 5.42. The van der Waals surface area contributed by atoms with Gasteiger partial charge in [0.25, 0.3) is 11.1 Å². The molecule has 25 heavy (non-hydrogen) atoms. The van der Waals surface area contributed by atoms with Crippen molar-refractivity contribution >= 4 is 5.91 Å². The first-order chi connectivity index (χ1) is 12.0. The Morgan fingerprint density at radius 1 is 1.12 bits per heavy atom. The van der Waals surface area contributed by atoms with Crippen LogP contribution in [0.3, 0.4) is 0 Å². The Bertz CT molecular complexity index is 794. The molecule has 0 aliphatic rings. The van der Waals surface area contributed by atoms with Crippen LogP contribution in [0.1, 0.15) is 25.5 Å². The summed E-state index contributed by atoms with van der Waals surface area (Å²) in [5.41, 5.74) is 0.154. The zero-order valence-corrected chi connectivity index (χ0v) is 14.6. The quantitative estimate of drug-likeness (QED) is 0.739. The van der Waals surface area contributed by atoms with Crippen LogP contribution >= 0.6 is 0 Å². The summed E-state index contributed by atoms with van der Waals surface area (Å²) in [5.74, 6) is -0.329. The number of hydrogen-bond donors (Lipinski definition) is 2. The summed E-state index contributed by atoms with van der Waals surface area (Å²) in [6, 6.07) is 11.8. The van der Waals surface area contributed by atoms with Crippen molar-refractivity contribution in [3.8, 4) is 0 Å². The molecule has 2 rings (SSSR count). The van der Waals surface area contributed by atoms with Crippen molar-refractivity contribution in [2.45, 2.75) is 26.4 Å². The van der Waals surface area contributed by atoms with Crippen molar-refractivity contribution in [3.05, 3.63) is 68.7 Å². The van der Waals surface area contributed by atoms with Gasteiger partial charge in [-0.15, -0.1) is 0 Å². The number of benzene rings is 1. The number of nitrogens with one attached hydrogen (secondary N) is 2. The number of rotatable bonds is 8. The van der Waals surface area contributed by atoms with E-state index in [4.69, 9.17) is 0 Å². The molecular weight excluding hydrogens is 320 g/mol. The molecule has 0 saturated heterocycles. The summed E-state index contributed by atoms with van der Waals surface area (Å²) in [4.78, 5) is 37.7. The molecular formula is C18H24N4O3. The monoisotopic (exact) mass is 344 g/mol. The normalized spacial score (nSPS) is 12.1. The van der Waals surface area contributed by atoms with Gasteiger partial charge in [-0.05, 0) is 18.7 Å². The number of hydrogen-bond acceptors (Lipinski definition) is 4. The predicted molar refractivity (Wildman–Crippen MR) is 96.4 cm³/mol. The van der Waals surface area contributed by atoms with E-state index in [1.807, 2.05) is 30.3 Å². The molecule has 0 fully saturated rings. The van der Waals surface area contributed by atoms with E-state index in [-0.39, 0.29) is 18.5 Å². The Morgan fingerprint density at radius 2 is 1.80 bits per heavy atom. The fourth-order valence-corrected chi connectivity index (χ4v) is 2.62. The maximum absolute atomic E-state index is 12.4. The number of aromatic amines is 1. The summed E-state index contributed by atoms with van der Waals surface area (Å²) in [7, 11) is 0. The molecule has 1 heterocycles. The number of carbonyl (C=O) groups excluding carboxylic acids is 1. The Labute approximate surface area is 146 Å². The summed E-state index contributed by atoms with van der Waals surface area (Å²) >= 11 is 0. The molecule has 7 nitrogen and oxygen atoms in total. The van der Waals surface area contributed by atoms with E-state index in [9.17, 15) is 14.4 Å². The standard InChI is InChI=1S/C18H24N4O3/c1-3-21(4-2)12-15(14-8-6-5-7-9-14)19-17(24)13-22-18(25)11-10-16(23)20-22/h5-11,15H,3-4,12-13H2,1-2H3,(H,19,24)(H,20,23)/t15-/m1/s1. The maximum atomic E-state index is 12.4. The third-order valence-electron chi connectivity index (χ3n) is 4.06. The number of H-pyrrole nitrogens is 1. The molecule has 0 spiro atoms. The van der Waals surface area contributed by atoms with Gasteiger partial charge in [0.1, 0.15) is 6.54 Å². The van der Waals surface area contributed by atoms with E-state index in [0.717, 1.165) is 35.5 Å². The van der Waals surface area contributed by atoms with Crippen molar-refractivity contribution in [2.24, 2.45) is 0 Å². The third-order valence-corrected chi connectivity index (χ3v) is 4.06. The van der Waals surface area contributed by atoms with Gasteiger partial charge < -0.3 is 10.2 Å². The van der Waals surface area contributed by atoms with Crippen molar-refractivity contribution in [1.29, 1.82) is 0 Å². The van der Waals surface area contributed by atoms with Gasteiger partial charge in [-0.1, -0.05) is 44.2 Å². The molecule has 1 aromatic heterocycles. The van der Waals surface area contributed by atoms with Crippen LogP contribution in [-0.2, 0) is 11.3 Å². The summed E-state index contributed by atoms with van der Waals surface area (Å²) in [6.07, 6.45) is 0. The van der Waals surface area contributed by atoms with Crippen molar-refractivity contribution in [2.75, 3.05) is 19.6 Å². The number of nitrogens with zero attached hydrogens (tertiary/aromatic N) is 2. The first kappa shape index (κ1) is 18.7. The van der Waals surface area contributed by atoms with E-state index in [2.05, 4.69) is 29.2 Å². The number of likely N-dealkylation sites (N-methyl/N-ethyl adjacent to an activating group) is 1. The van der Waals surface area contributed by atoms with Gasteiger partial charge in [0, 0.05) is 18.7 Å². The van der Waals surface area contributed by atoms with Crippen molar-refractivity contribution < 1.29 is 4.79 Å². The average molecular weight is 344 g/mol. The lowest BCUT2D eigenvalue weighted by molar-refractivity contribution is -0.122. The fourth-order valence-electron chi connectivity index (χ4n) is 2.62. The molecule has 0 saturated carbocycles. The molecule has 1 aromatic carbocycles. The molecule has 7 heteroatoms. The van der Waals surface area contributed by atoms with Crippen LogP contribution in [0.2, 0.25) is 0 Å². The Hall–Kier alpha value is -2.67. The van der Waals surface area contributed by atoms with Gasteiger partial charge >= 0.3 is 0 Å². The number of amides is 1. The maximum Gasteiger partial charge on any atom is 0.265 e. The van der Waals surface area contributed by atoms with Gasteiger partial charge in [-0.2, -0.15) is 0 Å². The fraction of sp³-hybridized carbons (Fsp3) is 0.389. The highest BCUT2D eigenvalue weighted by molar-refractivity contribution is 5.76. The van der Waals surface area contributed by atoms with Crippen LogP contribution < -0.4 is 16.4 Å². The van der Waals surface area contributed by atoms with E-state index in [0.29, 0.717) is 6.54 Å². The topological polar surface area (TPSA) is 87.2 Å². The molecule has 1 atom stereocenters. The SMILES string of the molecule is CCN(CC)C[C@@H](NC(=O)Cn1[nH]c(=O)ccc1=O)c1ccccc1. The Morgan fingerprint density at radius 3 is 2.44 bits per heavy atom. The van der Waals surface area contributed by atoms with E-state index in [1.165, 1.54) is 0 Å². The van der Waals surface area contributed by atoms with Gasteiger partial charge in [0.05, 0.1) is 6.04 Å². The highest BCUT2D eigenvalue weighted by Gasteiger charge is 2.17. The van der Waals surface area contributed by atoms with Gasteiger partial charge in [0.2, 0.25) is 5.91 Å². The molecule has 0 radical (unpaired) electrons. The molecule has 2 N–H and O–H groups in total. The zero-order valence-electron chi connectivity index (χ0n) is 14.6. The minimum absolute atomic E-state index is 0.195. The molecule has 2 aromatic rings. The molecule has 1 amide bonds. The first-order valence-corrected chi connectivity index (χ1v) is 8.40.